The number of hydrogen-bond donors (Lipinski definition) is 1. The van der Waals surface area contributed by atoms with Crippen LogP contribution >= 0.6 is 0 Å². The van der Waals surface area contributed by atoms with E-state index in [0.29, 0.717) is 5.54 Å². The van der Waals surface area contributed by atoms with Crippen LogP contribution in [0.15, 0.2) is 0 Å². The number of piperazine rings is 1. The van der Waals surface area contributed by atoms with Crippen molar-refractivity contribution in [1.29, 1.82) is 0 Å². The first-order chi connectivity index (χ1) is 10.1. The Labute approximate surface area is 131 Å². The molecule has 0 radical (unpaired) electrons. The number of hydrogen-bond acceptors (Lipinski definition) is 3. The summed E-state index contributed by atoms with van der Waals surface area (Å²) < 4.78 is 0. The maximum atomic E-state index is 3.95. The second-order valence-electron chi connectivity index (χ2n) is 8.36. The first-order valence-electron chi connectivity index (χ1n) is 9.26. The summed E-state index contributed by atoms with van der Waals surface area (Å²) >= 11 is 0. The number of likely N-dealkylation sites (tertiary alicyclic amines) is 1. The lowest BCUT2D eigenvalue weighted by Crippen LogP contribution is -2.65. The first kappa shape index (κ1) is 15.8. The first-order valence-corrected chi connectivity index (χ1v) is 9.26. The van der Waals surface area contributed by atoms with Crippen molar-refractivity contribution in [3.63, 3.8) is 0 Å². The Morgan fingerprint density at radius 1 is 1.14 bits per heavy atom. The van der Waals surface area contributed by atoms with Gasteiger partial charge in [-0.2, -0.15) is 0 Å². The van der Waals surface area contributed by atoms with Crippen LogP contribution in [0.4, 0.5) is 0 Å². The lowest BCUT2D eigenvalue weighted by molar-refractivity contribution is 0.0349. The summed E-state index contributed by atoms with van der Waals surface area (Å²) in [5.74, 6) is 1.70. The molecule has 2 saturated heterocycles. The standard InChI is InChI=1S/C18H35N3/c1-15(2)17-12-19-18(8-4-5-9-18)14-21(17)13-16-6-10-20(3)11-7-16/h15-17,19H,4-14H2,1-3H3. The molecule has 3 fully saturated rings. The molecule has 122 valence electrons. The van der Waals surface area contributed by atoms with E-state index >= 15 is 0 Å². The Morgan fingerprint density at radius 3 is 2.43 bits per heavy atom. The molecule has 0 aromatic carbocycles. The summed E-state index contributed by atoms with van der Waals surface area (Å²) in [6.45, 7) is 11.3. The third-order valence-corrected chi connectivity index (χ3v) is 6.32. The number of nitrogens with one attached hydrogen (secondary N) is 1. The highest BCUT2D eigenvalue weighted by molar-refractivity contribution is 5.01. The van der Waals surface area contributed by atoms with Gasteiger partial charge in [0.05, 0.1) is 0 Å². The van der Waals surface area contributed by atoms with Crippen LogP contribution < -0.4 is 5.32 Å². The topological polar surface area (TPSA) is 18.5 Å². The maximum absolute atomic E-state index is 3.95. The fourth-order valence-corrected chi connectivity index (χ4v) is 4.83. The van der Waals surface area contributed by atoms with Gasteiger partial charge in [0.2, 0.25) is 0 Å². The van der Waals surface area contributed by atoms with Crippen molar-refractivity contribution in [3.05, 3.63) is 0 Å². The van der Waals surface area contributed by atoms with E-state index in [1.54, 1.807) is 0 Å². The van der Waals surface area contributed by atoms with Gasteiger partial charge in [0.15, 0.2) is 0 Å². The van der Waals surface area contributed by atoms with Crippen LogP contribution in [0.1, 0.15) is 52.4 Å². The van der Waals surface area contributed by atoms with Crippen molar-refractivity contribution < 1.29 is 0 Å². The van der Waals surface area contributed by atoms with Gasteiger partial charge in [0, 0.05) is 31.2 Å². The minimum Gasteiger partial charge on any atom is -0.308 e. The monoisotopic (exact) mass is 293 g/mol. The molecule has 0 aromatic heterocycles. The molecule has 1 atom stereocenters. The molecule has 21 heavy (non-hydrogen) atoms. The second-order valence-corrected chi connectivity index (χ2v) is 8.36. The van der Waals surface area contributed by atoms with Gasteiger partial charge >= 0.3 is 0 Å². The molecule has 1 aliphatic carbocycles. The van der Waals surface area contributed by atoms with Crippen LogP contribution in [0.3, 0.4) is 0 Å². The van der Waals surface area contributed by atoms with E-state index in [-0.39, 0.29) is 0 Å². The third-order valence-electron chi connectivity index (χ3n) is 6.32. The Hall–Kier alpha value is -0.120. The van der Waals surface area contributed by atoms with E-state index < -0.39 is 0 Å². The second kappa shape index (κ2) is 6.55. The largest absolute Gasteiger partial charge is 0.308 e. The van der Waals surface area contributed by atoms with Gasteiger partial charge in [0.1, 0.15) is 0 Å². The SMILES string of the molecule is CC(C)C1CNC2(CCCC2)CN1CC1CCN(C)CC1. The average Bonchev–Trinajstić information content (AvgIpc) is 2.89. The van der Waals surface area contributed by atoms with E-state index in [9.17, 15) is 0 Å². The van der Waals surface area contributed by atoms with Crippen molar-refractivity contribution >= 4 is 0 Å². The predicted molar refractivity (Wildman–Crippen MR) is 89.6 cm³/mol. The molecule has 3 heteroatoms. The average molecular weight is 293 g/mol. The van der Waals surface area contributed by atoms with Crippen molar-refractivity contribution in [2.24, 2.45) is 11.8 Å². The van der Waals surface area contributed by atoms with Gasteiger partial charge in [-0.1, -0.05) is 26.7 Å². The molecule has 0 bridgehead atoms. The van der Waals surface area contributed by atoms with Crippen LogP contribution in [-0.2, 0) is 0 Å². The smallest absolute Gasteiger partial charge is 0.0309 e. The molecule has 1 N–H and O–H groups in total. The van der Waals surface area contributed by atoms with E-state index in [1.807, 2.05) is 0 Å². The van der Waals surface area contributed by atoms with Gasteiger partial charge in [0.25, 0.3) is 0 Å². The molecular weight excluding hydrogens is 258 g/mol. The van der Waals surface area contributed by atoms with Crippen LogP contribution in [0.5, 0.6) is 0 Å². The molecule has 1 saturated carbocycles. The predicted octanol–water partition coefficient (Wildman–Crippen LogP) is 2.57. The van der Waals surface area contributed by atoms with Crippen LogP contribution in [0.2, 0.25) is 0 Å². The molecule has 2 heterocycles. The zero-order valence-corrected chi connectivity index (χ0v) is 14.4. The van der Waals surface area contributed by atoms with E-state index in [4.69, 9.17) is 0 Å². The fourth-order valence-electron chi connectivity index (χ4n) is 4.83. The van der Waals surface area contributed by atoms with Crippen LogP contribution in [-0.4, -0.2) is 61.2 Å². The van der Waals surface area contributed by atoms with E-state index in [2.05, 4.69) is 36.0 Å². The van der Waals surface area contributed by atoms with Crippen LogP contribution in [0.25, 0.3) is 0 Å². The van der Waals surface area contributed by atoms with Gasteiger partial charge in [-0.05, 0) is 57.7 Å². The van der Waals surface area contributed by atoms with Crippen LogP contribution in [0, 0.1) is 11.8 Å². The Morgan fingerprint density at radius 2 is 1.81 bits per heavy atom. The van der Waals surface area contributed by atoms with Gasteiger partial charge in [-0.3, -0.25) is 4.90 Å². The Bertz CT molecular complexity index is 327. The summed E-state index contributed by atoms with van der Waals surface area (Å²) in [4.78, 5) is 5.37. The number of piperidine rings is 1. The highest BCUT2D eigenvalue weighted by atomic mass is 15.3. The zero-order valence-electron chi connectivity index (χ0n) is 14.4. The third kappa shape index (κ3) is 3.62. The zero-order chi connectivity index (χ0) is 14.9. The quantitative estimate of drug-likeness (QED) is 0.863. The molecule has 3 rings (SSSR count). The normalized spacial score (nSPS) is 32.3. The van der Waals surface area contributed by atoms with E-state index in [0.717, 1.165) is 17.9 Å². The molecule has 3 nitrogen and oxygen atoms in total. The highest BCUT2D eigenvalue weighted by Gasteiger charge is 2.42. The lowest BCUT2D eigenvalue weighted by Gasteiger charge is -2.49. The molecule has 1 unspecified atom stereocenters. The van der Waals surface area contributed by atoms with Crippen molar-refractivity contribution in [1.82, 2.24) is 15.1 Å². The van der Waals surface area contributed by atoms with E-state index in [1.165, 1.54) is 71.2 Å². The molecule has 1 spiro atoms. The van der Waals surface area contributed by atoms with Gasteiger partial charge < -0.3 is 10.2 Å². The Kier molecular flexibility index (Phi) is 4.92. The van der Waals surface area contributed by atoms with Crippen molar-refractivity contribution in [2.75, 3.05) is 39.8 Å². The molecular formula is C18H35N3. The van der Waals surface area contributed by atoms with Crippen molar-refractivity contribution in [3.8, 4) is 0 Å². The Balaban J connectivity index is 1.63. The summed E-state index contributed by atoms with van der Waals surface area (Å²) in [6.07, 6.45) is 8.47. The molecule has 0 aromatic rings. The summed E-state index contributed by atoms with van der Waals surface area (Å²) in [6, 6.07) is 0.746. The summed E-state index contributed by atoms with van der Waals surface area (Å²) in [5.41, 5.74) is 0.469. The summed E-state index contributed by atoms with van der Waals surface area (Å²) in [5, 5.41) is 3.95. The maximum Gasteiger partial charge on any atom is 0.0309 e. The van der Waals surface area contributed by atoms with Gasteiger partial charge in [-0.15, -0.1) is 0 Å². The highest BCUT2D eigenvalue weighted by Crippen LogP contribution is 2.35. The van der Waals surface area contributed by atoms with Crippen molar-refractivity contribution in [2.45, 2.75) is 64.0 Å². The minimum atomic E-state index is 0.469. The molecule has 0 amide bonds. The fraction of sp³-hybridized carbons (Fsp3) is 1.00. The minimum absolute atomic E-state index is 0.469. The lowest BCUT2D eigenvalue weighted by atomic mass is 9.87. The molecule has 3 aliphatic rings. The number of rotatable bonds is 3. The van der Waals surface area contributed by atoms with Gasteiger partial charge in [-0.25, -0.2) is 0 Å². The summed E-state index contributed by atoms with van der Waals surface area (Å²) in [7, 11) is 2.27. The molecule has 2 aliphatic heterocycles. The number of nitrogens with zero attached hydrogens (tertiary/aromatic N) is 2.